The van der Waals surface area contributed by atoms with Crippen LogP contribution in [0.2, 0.25) is 0 Å². The van der Waals surface area contributed by atoms with Gasteiger partial charge in [-0.3, -0.25) is 9.80 Å². The topological polar surface area (TPSA) is 6.48 Å². The van der Waals surface area contributed by atoms with Gasteiger partial charge in [-0.15, -0.1) is 0 Å². The molecule has 0 spiro atoms. The standard InChI is InChI=1S/C16H26N2/c1-4-18(14(2)3)16-10-11-17(13-16)12-15-8-6-5-7-9-15/h5-9,14,16H,4,10-13H2,1-3H3. The number of rotatable bonds is 5. The van der Waals surface area contributed by atoms with E-state index in [4.69, 9.17) is 0 Å². The van der Waals surface area contributed by atoms with Gasteiger partial charge < -0.3 is 0 Å². The first-order valence-electron chi connectivity index (χ1n) is 7.22. The third kappa shape index (κ3) is 3.33. The van der Waals surface area contributed by atoms with Crippen LogP contribution in [0.5, 0.6) is 0 Å². The first-order chi connectivity index (χ1) is 8.70. The molecule has 1 aromatic carbocycles. The Kier molecular flexibility index (Phi) is 4.79. The van der Waals surface area contributed by atoms with Crippen LogP contribution in [0.1, 0.15) is 32.8 Å². The second-order valence-electron chi connectivity index (χ2n) is 5.59. The van der Waals surface area contributed by atoms with Crippen LogP contribution in [0.4, 0.5) is 0 Å². The zero-order valence-corrected chi connectivity index (χ0v) is 12.0. The largest absolute Gasteiger partial charge is 0.297 e. The first kappa shape index (κ1) is 13.6. The van der Waals surface area contributed by atoms with E-state index in [-0.39, 0.29) is 0 Å². The van der Waals surface area contributed by atoms with Crippen molar-refractivity contribution in [2.45, 2.75) is 45.8 Å². The summed E-state index contributed by atoms with van der Waals surface area (Å²) in [5.74, 6) is 0. The van der Waals surface area contributed by atoms with Gasteiger partial charge in [0.15, 0.2) is 0 Å². The molecule has 1 unspecified atom stereocenters. The molecule has 0 amide bonds. The monoisotopic (exact) mass is 246 g/mol. The van der Waals surface area contributed by atoms with Gasteiger partial charge in [-0.05, 0) is 32.4 Å². The van der Waals surface area contributed by atoms with Gasteiger partial charge in [-0.25, -0.2) is 0 Å². The zero-order valence-electron chi connectivity index (χ0n) is 12.0. The van der Waals surface area contributed by atoms with E-state index in [2.05, 4.69) is 60.9 Å². The average molecular weight is 246 g/mol. The highest BCUT2D eigenvalue weighted by Crippen LogP contribution is 2.19. The molecule has 1 aliphatic heterocycles. The molecule has 1 aromatic rings. The molecule has 0 N–H and O–H groups in total. The summed E-state index contributed by atoms with van der Waals surface area (Å²) in [6.45, 7) is 11.6. The van der Waals surface area contributed by atoms with E-state index < -0.39 is 0 Å². The van der Waals surface area contributed by atoms with Gasteiger partial charge in [0.05, 0.1) is 0 Å². The van der Waals surface area contributed by atoms with Crippen molar-refractivity contribution in [3.8, 4) is 0 Å². The van der Waals surface area contributed by atoms with Gasteiger partial charge in [0, 0.05) is 31.7 Å². The van der Waals surface area contributed by atoms with Crippen molar-refractivity contribution in [2.24, 2.45) is 0 Å². The van der Waals surface area contributed by atoms with Crippen LogP contribution < -0.4 is 0 Å². The highest BCUT2D eigenvalue weighted by Gasteiger charge is 2.27. The molecular formula is C16H26N2. The van der Waals surface area contributed by atoms with E-state index in [9.17, 15) is 0 Å². The lowest BCUT2D eigenvalue weighted by Gasteiger charge is -2.31. The molecule has 1 saturated heterocycles. The molecule has 0 aliphatic carbocycles. The minimum atomic E-state index is 0.664. The molecule has 0 radical (unpaired) electrons. The maximum Gasteiger partial charge on any atom is 0.0238 e. The fourth-order valence-electron chi connectivity index (χ4n) is 3.11. The van der Waals surface area contributed by atoms with Gasteiger partial charge in [-0.1, -0.05) is 37.3 Å². The van der Waals surface area contributed by atoms with Crippen molar-refractivity contribution >= 4 is 0 Å². The Bertz CT molecular complexity index is 347. The van der Waals surface area contributed by atoms with Crippen molar-refractivity contribution in [1.82, 2.24) is 9.80 Å². The molecule has 1 fully saturated rings. The predicted octanol–water partition coefficient (Wildman–Crippen LogP) is 2.99. The fourth-order valence-corrected chi connectivity index (χ4v) is 3.11. The van der Waals surface area contributed by atoms with Crippen molar-refractivity contribution < 1.29 is 0 Å². The number of hydrogen-bond acceptors (Lipinski definition) is 2. The van der Waals surface area contributed by atoms with Gasteiger partial charge in [0.1, 0.15) is 0 Å². The summed E-state index contributed by atoms with van der Waals surface area (Å²) in [6.07, 6.45) is 1.32. The van der Waals surface area contributed by atoms with Crippen molar-refractivity contribution in [3.63, 3.8) is 0 Å². The van der Waals surface area contributed by atoms with Gasteiger partial charge >= 0.3 is 0 Å². The molecule has 2 heteroatoms. The number of likely N-dealkylation sites (tertiary alicyclic amines) is 1. The molecule has 0 bridgehead atoms. The normalized spacial score (nSPS) is 21.1. The molecule has 2 rings (SSSR count). The Morgan fingerprint density at radius 3 is 2.61 bits per heavy atom. The molecule has 1 atom stereocenters. The Morgan fingerprint density at radius 1 is 1.28 bits per heavy atom. The van der Waals surface area contributed by atoms with E-state index in [1.807, 2.05) is 0 Å². The molecule has 18 heavy (non-hydrogen) atoms. The van der Waals surface area contributed by atoms with Crippen molar-refractivity contribution in [1.29, 1.82) is 0 Å². The third-order valence-electron chi connectivity index (χ3n) is 3.99. The summed E-state index contributed by atoms with van der Waals surface area (Å²) in [7, 11) is 0. The highest BCUT2D eigenvalue weighted by molar-refractivity contribution is 5.14. The summed E-state index contributed by atoms with van der Waals surface area (Å²) in [5, 5.41) is 0. The Labute approximate surface area is 112 Å². The fraction of sp³-hybridized carbons (Fsp3) is 0.625. The summed E-state index contributed by atoms with van der Waals surface area (Å²) < 4.78 is 0. The van der Waals surface area contributed by atoms with E-state index in [0.717, 1.165) is 12.6 Å². The highest BCUT2D eigenvalue weighted by atomic mass is 15.3. The van der Waals surface area contributed by atoms with Gasteiger partial charge in [-0.2, -0.15) is 0 Å². The number of likely N-dealkylation sites (N-methyl/N-ethyl adjacent to an activating group) is 1. The SMILES string of the molecule is CCN(C(C)C)C1CCN(Cc2ccccc2)C1. The predicted molar refractivity (Wildman–Crippen MR) is 77.6 cm³/mol. The van der Waals surface area contributed by atoms with Crippen molar-refractivity contribution in [2.75, 3.05) is 19.6 Å². The number of benzene rings is 1. The lowest BCUT2D eigenvalue weighted by Crippen LogP contribution is -2.41. The average Bonchev–Trinajstić information content (AvgIpc) is 2.79. The number of hydrogen-bond donors (Lipinski definition) is 0. The molecular weight excluding hydrogens is 220 g/mol. The maximum atomic E-state index is 2.63. The van der Waals surface area contributed by atoms with Crippen LogP contribution in [0.3, 0.4) is 0 Å². The summed E-state index contributed by atoms with van der Waals surface area (Å²) in [5.41, 5.74) is 1.44. The third-order valence-corrected chi connectivity index (χ3v) is 3.99. The molecule has 100 valence electrons. The van der Waals surface area contributed by atoms with Crippen LogP contribution in [0.15, 0.2) is 30.3 Å². The maximum absolute atomic E-state index is 2.63. The van der Waals surface area contributed by atoms with E-state index in [0.29, 0.717) is 6.04 Å². The first-order valence-corrected chi connectivity index (χ1v) is 7.22. The minimum Gasteiger partial charge on any atom is -0.297 e. The van der Waals surface area contributed by atoms with Crippen LogP contribution in [0.25, 0.3) is 0 Å². The molecule has 1 heterocycles. The van der Waals surface area contributed by atoms with Gasteiger partial charge in [0.2, 0.25) is 0 Å². The Balaban J connectivity index is 1.88. The summed E-state index contributed by atoms with van der Waals surface area (Å²) >= 11 is 0. The lowest BCUT2D eigenvalue weighted by atomic mass is 10.2. The van der Waals surface area contributed by atoms with E-state index in [1.54, 1.807) is 0 Å². The Hall–Kier alpha value is -0.860. The van der Waals surface area contributed by atoms with E-state index in [1.165, 1.54) is 31.6 Å². The lowest BCUT2D eigenvalue weighted by molar-refractivity contribution is 0.160. The summed E-state index contributed by atoms with van der Waals surface area (Å²) in [4.78, 5) is 5.22. The smallest absolute Gasteiger partial charge is 0.0238 e. The minimum absolute atomic E-state index is 0.664. The quantitative estimate of drug-likeness (QED) is 0.788. The van der Waals surface area contributed by atoms with E-state index >= 15 is 0 Å². The summed E-state index contributed by atoms with van der Waals surface area (Å²) in [6, 6.07) is 12.2. The van der Waals surface area contributed by atoms with Crippen LogP contribution in [-0.4, -0.2) is 41.5 Å². The molecule has 2 nitrogen and oxygen atoms in total. The van der Waals surface area contributed by atoms with Crippen LogP contribution >= 0.6 is 0 Å². The molecule has 0 saturated carbocycles. The molecule has 0 aromatic heterocycles. The molecule has 1 aliphatic rings. The van der Waals surface area contributed by atoms with Crippen molar-refractivity contribution in [3.05, 3.63) is 35.9 Å². The number of nitrogens with zero attached hydrogens (tertiary/aromatic N) is 2. The van der Waals surface area contributed by atoms with Gasteiger partial charge in [0.25, 0.3) is 0 Å². The second-order valence-corrected chi connectivity index (χ2v) is 5.59. The van der Waals surface area contributed by atoms with Crippen LogP contribution in [0, 0.1) is 0 Å². The zero-order chi connectivity index (χ0) is 13.0. The second kappa shape index (κ2) is 6.35. The van der Waals surface area contributed by atoms with Crippen LogP contribution in [-0.2, 0) is 6.54 Å². The Morgan fingerprint density at radius 2 is 2.00 bits per heavy atom.